The zero-order chi connectivity index (χ0) is 30.4. The Kier molecular flexibility index (Phi) is 7.91. The maximum Gasteiger partial charge on any atom is 0.337 e. The number of carboxylic acids is 1. The lowest BCUT2D eigenvalue weighted by molar-refractivity contribution is -0.160. The van der Waals surface area contributed by atoms with Crippen LogP contribution in [0.5, 0.6) is 0 Å². The normalized spacial score (nSPS) is 17.7. The number of H-pyrrole nitrogens is 1. The maximum atomic E-state index is 13.4. The standard InChI is InChI=1S/C33H43N5O4/c1-20-26(23-8-9-24-22(18-23)10-15-38(30(24)39)19-25-34-13-14-35-25)28(37-16-11-33(6,7)12-17-37)27(21(2)36-20)29(31(40)41)42-32(3,4)5/h8-9,13-14,18,29H,10-12,15-17,19H2,1-7H3,(H,34,35)(H,40,41)/t29-/m0/s1. The van der Waals surface area contributed by atoms with Crippen LogP contribution in [0.2, 0.25) is 0 Å². The fraction of sp³-hybridized carbons (Fsp3) is 0.515. The van der Waals surface area contributed by atoms with Crippen LogP contribution >= 0.6 is 0 Å². The van der Waals surface area contributed by atoms with E-state index in [1.54, 1.807) is 12.4 Å². The van der Waals surface area contributed by atoms with Gasteiger partial charge in [-0.05, 0) is 76.5 Å². The van der Waals surface area contributed by atoms with Gasteiger partial charge < -0.3 is 24.6 Å². The third-order valence-electron chi connectivity index (χ3n) is 8.43. The van der Waals surface area contributed by atoms with Gasteiger partial charge in [-0.25, -0.2) is 9.78 Å². The second kappa shape index (κ2) is 11.2. The molecule has 0 spiro atoms. The predicted octanol–water partition coefficient (Wildman–Crippen LogP) is 5.85. The van der Waals surface area contributed by atoms with Crippen LogP contribution in [0.1, 0.15) is 92.3 Å². The van der Waals surface area contributed by atoms with Gasteiger partial charge in [0.15, 0.2) is 6.10 Å². The summed E-state index contributed by atoms with van der Waals surface area (Å²) in [6.07, 6.45) is 5.00. The topological polar surface area (TPSA) is 112 Å². The number of aromatic nitrogens is 3. The Morgan fingerprint density at radius 3 is 2.48 bits per heavy atom. The van der Waals surface area contributed by atoms with Crippen LogP contribution < -0.4 is 4.90 Å². The second-order valence-electron chi connectivity index (χ2n) is 13.4. The van der Waals surface area contributed by atoms with Gasteiger partial charge >= 0.3 is 5.97 Å². The number of pyridine rings is 1. The molecule has 1 atom stereocenters. The molecule has 2 aliphatic rings. The molecule has 1 amide bonds. The van der Waals surface area contributed by atoms with Gasteiger partial charge in [-0.3, -0.25) is 9.78 Å². The number of carbonyl (C=O) groups is 2. The van der Waals surface area contributed by atoms with Crippen molar-refractivity contribution in [1.29, 1.82) is 0 Å². The molecule has 3 aromatic rings. The number of anilines is 1. The SMILES string of the molecule is Cc1nc(C)c([C@H](OC(C)(C)C)C(=O)O)c(N2CCC(C)(C)CC2)c1-c1ccc2c(c1)CCN(Cc1ncc[nH]1)C2=O. The number of imidazole rings is 1. The quantitative estimate of drug-likeness (QED) is 0.364. The minimum atomic E-state index is -1.17. The zero-order valence-corrected chi connectivity index (χ0v) is 25.9. The van der Waals surface area contributed by atoms with Crippen molar-refractivity contribution in [2.24, 2.45) is 5.41 Å². The maximum absolute atomic E-state index is 13.4. The Morgan fingerprint density at radius 1 is 1.14 bits per heavy atom. The van der Waals surface area contributed by atoms with E-state index in [-0.39, 0.29) is 11.3 Å². The van der Waals surface area contributed by atoms with Crippen molar-refractivity contribution in [3.63, 3.8) is 0 Å². The summed E-state index contributed by atoms with van der Waals surface area (Å²) in [6.45, 7) is 16.7. The van der Waals surface area contributed by atoms with Crippen LogP contribution in [0.25, 0.3) is 11.1 Å². The number of piperidine rings is 1. The summed E-state index contributed by atoms with van der Waals surface area (Å²) in [5.41, 5.74) is 6.05. The fourth-order valence-corrected chi connectivity index (χ4v) is 6.16. The van der Waals surface area contributed by atoms with Gasteiger partial charge in [0, 0.05) is 60.1 Å². The number of benzene rings is 1. The number of ether oxygens (including phenoxy) is 1. The third-order valence-corrected chi connectivity index (χ3v) is 8.43. The first kappa shape index (κ1) is 29.8. The van der Waals surface area contributed by atoms with Crippen LogP contribution in [0.4, 0.5) is 5.69 Å². The van der Waals surface area contributed by atoms with Crippen molar-refractivity contribution in [2.75, 3.05) is 24.5 Å². The minimum Gasteiger partial charge on any atom is -0.479 e. The van der Waals surface area contributed by atoms with Crippen molar-refractivity contribution in [3.05, 3.63) is 64.5 Å². The van der Waals surface area contributed by atoms with Crippen LogP contribution in [-0.2, 0) is 22.5 Å². The fourth-order valence-electron chi connectivity index (χ4n) is 6.16. The number of carboxylic acid groups (broad SMARTS) is 1. The van der Waals surface area contributed by atoms with Gasteiger partial charge in [0.2, 0.25) is 0 Å². The highest BCUT2D eigenvalue weighted by Crippen LogP contribution is 2.45. The van der Waals surface area contributed by atoms with Crippen LogP contribution in [0.3, 0.4) is 0 Å². The number of aryl methyl sites for hydroxylation is 2. The van der Waals surface area contributed by atoms with Crippen molar-refractivity contribution < 1.29 is 19.4 Å². The zero-order valence-electron chi connectivity index (χ0n) is 25.9. The highest BCUT2D eigenvalue weighted by molar-refractivity contribution is 5.98. The number of nitrogens with zero attached hydrogens (tertiary/aromatic N) is 4. The molecule has 1 aromatic carbocycles. The molecule has 2 aromatic heterocycles. The summed E-state index contributed by atoms with van der Waals surface area (Å²) in [7, 11) is 0. The molecule has 0 bridgehead atoms. The number of aliphatic carboxylic acids is 1. The highest BCUT2D eigenvalue weighted by atomic mass is 16.5. The van der Waals surface area contributed by atoms with Crippen LogP contribution in [-0.4, -0.2) is 62.1 Å². The van der Waals surface area contributed by atoms with Gasteiger partial charge in [-0.15, -0.1) is 0 Å². The first-order valence-electron chi connectivity index (χ1n) is 14.8. The van der Waals surface area contributed by atoms with E-state index >= 15 is 0 Å². The Labute approximate surface area is 248 Å². The molecule has 0 saturated carbocycles. The van der Waals surface area contributed by atoms with E-state index in [2.05, 4.69) is 34.8 Å². The van der Waals surface area contributed by atoms with Crippen molar-refractivity contribution in [2.45, 2.75) is 86.0 Å². The lowest BCUT2D eigenvalue weighted by atomic mass is 9.81. The van der Waals surface area contributed by atoms with E-state index in [1.807, 2.05) is 51.7 Å². The summed E-state index contributed by atoms with van der Waals surface area (Å²) in [4.78, 5) is 42.6. The molecule has 0 unspecified atom stereocenters. The molecule has 4 heterocycles. The Bertz CT molecular complexity index is 1480. The summed E-state index contributed by atoms with van der Waals surface area (Å²) >= 11 is 0. The van der Waals surface area contributed by atoms with E-state index in [1.165, 1.54) is 0 Å². The molecule has 9 heteroatoms. The molecule has 0 radical (unpaired) electrons. The molecular formula is C33H43N5O4. The van der Waals surface area contributed by atoms with E-state index in [0.717, 1.165) is 66.2 Å². The first-order valence-corrected chi connectivity index (χ1v) is 14.8. The molecule has 1 fully saturated rings. The number of hydrogen-bond acceptors (Lipinski definition) is 6. The number of nitrogens with one attached hydrogen (secondary N) is 1. The number of rotatable bonds is 7. The summed E-state index contributed by atoms with van der Waals surface area (Å²) < 4.78 is 6.20. The van der Waals surface area contributed by atoms with Crippen molar-refractivity contribution in [1.82, 2.24) is 19.9 Å². The van der Waals surface area contributed by atoms with Gasteiger partial charge in [0.05, 0.1) is 17.8 Å². The first-order chi connectivity index (χ1) is 19.7. The van der Waals surface area contributed by atoms with Gasteiger partial charge in [0.1, 0.15) is 5.82 Å². The van der Waals surface area contributed by atoms with Crippen LogP contribution in [0.15, 0.2) is 30.6 Å². The third kappa shape index (κ3) is 6.07. The summed E-state index contributed by atoms with van der Waals surface area (Å²) in [5.74, 6) is -0.283. The van der Waals surface area contributed by atoms with Crippen molar-refractivity contribution >= 4 is 17.6 Å². The molecule has 42 heavy (non-hydrogen) atoms. The monoisotopic (exact) mass is 573 g/mol. The molecule has 0 aliphatic carbocycles. The average molecular weight is 574 g/mol. The minimum absolute atomic E-state index is 0.0124. The lowest BCUT2D eigenvalue weighted by Gasteiger charge is -2.41. The lowest BCUT2D eigenvalue weighted by Crippen LogP contribution is -2.39. The van der Waals surface area contributed by atoms with E-state index in [9.17, 15) is 14.7 Å². The smallest absolute Gasteiger partial charge is 0.337 e. The van der Waals surface area contributed by atoms with Gasteiger partial charge in [-0.2, -0.15) is 0 Å². The molecule has 5 rings (SSSR count). The largest absolute Gasteiger partial charge is 0.479 e. The molecule has 9 nitrogen and oxygen atoms in total. The van der Waals surface area contributed by atoms with Crippen molar-refractivity contribution in [3.8, 4) is 11.1 Å². The van der Waals surface area contributed by atoms with E-state index in [0.29, 0.717) is 29.9 Å². The molecule has 224 valence electrons. The molecule has 1 saturated heterocycles. The van der Waals surface area contributed by atoms with E-state index in [4.69, 9.17) is 9.72 Å². The number of fused-ring (bicyclic) bond motifs is 1. The Hall–Kier alpha value is -3.72. The number of aromatic amines is 1. The summed E-state index contributed by atoms with van der Waals surface area (Å²) in [5, 5.41) is 10.4. The summed E-state index contributed by atoms with van der Waals surface area (Å²) in [6, 6.07) is 5.98. The Balaban J connectivity index is 1.62. The number of amides is 1. The van der Waals surface area contributed by atoms with E-state index < -0.39 is 17.7 Å². The number of carbonyl (C=O) groups excluding carboxylic acids is 1. The van der Waals surface area contributed by atoms with Crippen LogP contribution in [0, 0.1) is 19.3 Å². The molecule has 2 aliphatic heterocycles. The highest BCUT2D eigenvalue weighted by Gasteiger charge is 2.37. The number of hydrogen-bond donors (Lipinski definition) is 2. The Morgan fingerprint density at radius 2 is 1.86 bits per heavy atom. The molecule has 2 N–H and O–H groups in total. The average Bonchev–Trinajstić information content (AvgIpc) is 3.41. The second-order valence-corrected chi connectivity index (χ2v) is 13.4. The molecular weight excluding hydrogens is 530 g/mol. The predicted molar refractivity (Wildman–Crippen MR) is 163 cm³/mol. The van der Waals surface area contributed by atoms with Gasteiger partial charge in [0.25, 0.3) is 5.91 Å². The van der Waals surface area contributed by atoms with Gasteiger partial charge in [-0.1, -0.05) is 26.0 Å².